The highest BCUT2D eigenvalue weighted by molar-refractivity contribution is 6.64. The van der Waals surface area contributed by atoms with Crippen LogP contribution in [0.1, 0.15) is 27.7 Å². The monoisotopic (exact) mass is 259 g/mol. The van der Waals surface area contributed by atoms with Gasteiger partial charge in [-0.15, -0.1) is 0 Å². The molecule has 0 N–H and O–H groups in total. The summed E-state index contributed by atoms with van der Waals surface area (Å²) in [4.78, 5) is 4.43. The molecule has 2 aromatic rings. The summed E-state index contributed by atoms with van der Waals surface area (Å²) in [7, 11) is 1.45. The Labute approximate surface area is 113 Å². The second-order valence-electron chi connectivity index (χ2n) is 6.02. The number of hydrogen-bond donors (Lipinski definition) is 0. The summed E-state index contributed by atoms with van der Waals surface area (Å²) < 4.78 is 13.9. The molecule has 0 atom stereocenters. The van der Waals surface area contributed by atoms with E-state index in [0.29, 0.717) is 0 Å². The quantitative estimate of drug-likeness (QED) is 0.723. The lowest BCUT2D eigenvalue weighted by molar-refractivity contribution is 0.00578. The number of aromatic nitrogens is 3. The maximum absolute atomic E-state index is 6.05. The fourth-order valence-electron chi connectivity index (χ4n) is 2.23. The first kappa shape index (κ1) is 12.6. The second kappa shape index (κ2) is 3.80. The highest BCUT2D eigenvalue weighted by Gasteiger charge is 2.52. The Kier molecular flexibility index (Phi) is 2.53. The van der Waals surface area contributed by atoms with E-state index < -0.39 is 7.12 Å². The van der Waals surface area contributed by atoms with Crippen molar-refractivity contribution in [3.63, 3.8) is 0 Å². The van der Waals surface area contributed by atoms with Gasteiger partial charge in [0.25, 0.3) is 0 Å². The van der Waals surface area contributed by atoms with E-state index in [4.69, 9.17) is 9.31 Å². The first-order valence-electron chi connectivity index (χ1n) is 6.44. The SMILES string of the molecule is Cn1cc2c(B3OC(C)(C)C(C)(C)O3)nccc2n1. The number of pyridine rings is 1. The maximum Gasteiger partial charge on any atom is 0.515 e. The van der Waals surface area contributed by atoms with Crippen molar-refractivity contribution in [3.05, 3.63) is 18.5 Å². The van der Waals surface area contributed by atoms with E-state index in [0.717, 1.165) is 16.5 Å². The van der Waals surface area contributed by atoms with E-state index in [1.54, 1.807) is 10.9 Å². The second-order valence-corrected chi connectivity index (χ2v) is 6.02. The molecule has 1 aliphatic rings. The third-order valence-corrected chi connectivity index (χ3v) is 4.06. The average molecular weight is 259 g/mol. The Hall–Kier alpha value is -1.40. The number of rotatable bonds is 1. The molecule has 0 unspecified atom stereocenters. The molecule has 1 saturated heterocycles. The van der Waals surface area contributed by atoms with Gasteiger partial charge in [0, 0.05) is 24.8 Å². The average Bonchev–Trinajstić information content (AvgIpc) is 2.75. The Morgan fingerprint density at radius 2 is 1.79 bits per heavy atom. The molecule has 2 aromatic heterocycles. The summed E-state index contributed by atoms with van der Waals surface area (Å²) in [5.41, 5.74) is 0.986. The van der Waals surface area contributed by atoms with Gasteiger partial charge in [0.1, 0.15) is 0 Å². The van der Waals surface area contributed by atoms with Crippen LogP contribution in [-0.2, 0) is 16.4 Å². The van der Waals surface area contributed by atoms with Crippen molar-refractivity contribution in [2.24, 2.45) is 7.05 Å². The van der Waals surface area contributed by atoms with E-state index in [1.165, 1.54) is 0 Å². The molecular formula is C13H18BN3O2. The van der Waals surface area contributed by atoms with Gasteiger partial charge in [-0.2, -0.15) is 5.10 Å². The number of nitrogens with zero attached hydrogens (tertiary/aromatic N) is 3. The fourth-order valence-corrected chi connectivity index (χ4v) is 2.23. The van der Waals surface area contributed by atoms with Crippen LogP contribution in [0.4, 0.5) is 0 Å². The van der Waals surface area contributed by atoms with Crippen molar-refractivity contribution in [3.8, 4) is 0 Å². The first-order chi connectivity index (χ1) is 8.80. The minimum Gasteiger partial charge on any atom is -0.398 e. The lowest BCUT2D eigenvalue weighted by atomic mass is 9.82. The van der Waals surface area contributed by atoms with Gasteiger partial charge in [0.15, 0.2) is 0 Å². The maximum atomic E-state index is 6.05. The molecule has 1 fully saturated rings. The van der Waals surface area contributed by atoms with Crippen LogP contribution in [0.2, 0.25) is 0 Å². The third-order valence-electron chi connectivity index (χ3n) is 4.06. The molecular weight excluding hydrogens is 241 g/mol. The highest BCUT2D eigenvalue weighted by atomic mass is 16.7. The van der Waals surface area contributed by atoms with E-state index in [9.17, 15) is 0 Å². The Morgan fingerprint density at radius 1 is 1.16 bits per heavy atom. The summed E-state index contributed by atoms with van der Waals surface area (Å²) in [6.45, 7) is 8.15. The van der Waals surface area contributed by atoms with Crippen LogP contribution >= 0.6 is 0 Å². The summed E-state index contributed by atoms with van der Waals surface area (Å²) >= 11 is 0. The predicted molar refractivity (Wildman–Crippen MR) is 74.2 cm³/mol. The molecule has 0 aromatic carbocycles. The van der Waals surface area contributed by atoms with Crippen LogP contribution in [0, 0.1) is 0 Å². The zero-order valence-electron chi connectivity index (χ0n) is 12.0. The molecule has 6 heteroatoms. The molecule has 0 saturated carbocycles. The van der Waals surface area contributed by atoms with E-state index in [2.05, 4.69) is 10.1 Å². The Bertz CT molecular complexity index is 620. The van der Waals surface area contributed by atoms with Crippen molar-refractivity contribution in [1.82, 2.24) is 14.8 Å². The van der Waals surface area contributed by atoms with Crippen molar-refractivity contribution in [2.75, 3.05) is 0 Å². The summed E-state index contributed by atoms with van der Waals surface area (Å²) in [5, 5.41) is 5.36. The van der Waals surface area contributed by atoms with E-state index in [-0.39, 0.29) is 11.2 Å². The van der Waals surface area contributed by atoms with Crippen molar-refractivity contribution < 1.29 is 9.31 Å². The molecule has 3 heterocycles. The minimum absolute atomic E-state index is 0.357. The van der Waals surface area contributed by atoms with Gasteiger partial charge in [0.2, 0.25) is 0 Å². The molecule has 1 aliphatic heterocycles. The normalized spacial score (nSPS) is 21.2. The first-order valence-corrected chi connectivity index (χ1v) is 6.44. The van der Waals surface area contributed by atoms with Crippen LogP contribution < -0.4 is 5.59 Å². The predicted octanol–water partition coefficient (Wildman–Crippen LogP) is 1.27. The van der Waals surface area contributed by atoms with Crippen molar-refractivity contribution >= 4 is 23.6 Å². The topological polar surface area (TPSA) is 49.2 Å². The summed E-state index contributed by atoms with van der Waals surface area (Å²) in [6, 6.07) is 1.89. The Balaban J connectivity index is 2.07. The minimum atomic E-state index is -0.446. The zero-order valence-corrected chi connectivity index (χ0v) is 12.0. The van der Waals surface area contributed by atoms with Crippen LogP contribution in [0.3, 0.4) is 0 Å². The van der Waals surface area contributed by atoms with Crippen molar-refractivity contribution in [2.45, 2.75) is 38.9 Å². The van der Waals surface area contributed by atoms with Crippen LogP contribution in [-0.4, -0.2) is 33.1 Å². The van der Waals surface area contributed by atoms with Crippen LogP contribution in [0.25, 0.3) is 10.9 Å². The number of fused-ring (bicyclic) bond motifs is 1. The van der Waals surface area contributed by atoms with E-state index in [1.807, 2.05) is 47.0 Å². The zero-order chi connectivity index (χ0) is 13.8. The molecule has 0 spiro atoms. The molecule has 5 nitrogen and oxygen atoms in total. The smallest absolute Gasteiger partial charge is 0.398 e. The van der Waals surface area contributed by atoms with E-state index >= 15 is 0 Å². The fraction of sp³-hybridized carbons (Fsp3) is 0.538. The van der Waals surface area contributed by atoms with Crippen molar-refractivity contribution in [1.29, 1.82) is 0 Å². The lowest BCUT2D eigenvalue weighted by Crippen LogP contribution is -2.41. The lowest BCUT2D eigenvalue weighted by Gasteiger charge is -2.32. The van der Waals surface area contributed by atoms with Gasteiger partial charge in [-0.25, -0.2) is 0 Å². The van der Waals surface area contributed by atoms with Crippen LogP contribution in [0.15, 0.2) is 18.5 Å². The van der Waals surface area contributed by atoms with Gasteiger partial charge < -0.3 is 9.31 Å². The molecule has 0 amide bonds. The number of hydrogen-bond acceptors (Lipinski definition) is 4. The summed E-state index contributed by atoms with van der Waals surface area (Å²) in [5.74, 6) is 0. The van der Waals surface area contributed by atoms with Gasteiger partial charge in [-0.05, 0) is 33.8 Å². The molecule has 0 radical (unpaired) electrons. The highest BCUT2D eigenvalue weighted by Crippen LogP contribution is 2.36. The molecule has 3 rings (SSSR count). The molecule has 0 aliphatic carbocycles. The molecule has 0 bridgehead atoms. The van der Waals surface area contributed by atoms with Gasteiger partial charge in [0.05, 0.1) is 22.3 Å². The molecule has 19 heavy (non-hydrogen) atoms. The number of aryl methyl sites for hydroxylation is 1. The standard InChI is InChI=1S/C13H18BN3O2/c1-12(2)13(3,4)19-14(18-12)11-9-8-17(5)16-10(9)6-7-15-11/h6-8H,1-5H3. The van der Waals surface area contributed by atoms with Gasteiger partial charge >= 0.3 is 7.12 Å². The molecule has 100 valence electrons. The Morgan fingerprint density at radius 3 is 2.42 bits per heavy atom. The third kappa shape index (κ3) is 1.86. The van der Waals surface area contributed by atoms with Gasteiger partial charge in [-0.3, -0.25) is 9.67 Å². The van der Waals surface area contributed by atoms with Gasteiger partial charge in [-0.1, -0.05) is 0 Å². The van der Waals surface area contributed by atoms with Crippen LogP contribution in [0.5, 0.6) is 0 Å². The largest absolute Gasteiger partial charge is 0.515 e. The summed E-state index contributed by atoms with van der Waals surface area (Å²) in [6.07, 6.45) is 3.69.